The van der Waals surface area contributed by atoms with Crippen molar-refractivity contribution in [2.24, 2.45) is 11.8 Å². The molecular weight excluding hydrogens is 331 g/mol. The minimum absolute atomic E-state index is 0.303. The van der Waals surface area contributed by atoms with Crippen molar-refractivity contribution >= 4 is 15.9 Å². The first-order valence-electron chi connectivity index (χ1n) is 8.54. The van der Waals surface area contributed by atoms with Gasteiger partial charge in [0.2, 0.25) is 0 Å². The quantitative estimate of drug-likeness (QED) is 0.886. The van der Waals surface area contributed by atoms with Crippen LogP contribution in [0.5, 0.6) is 0 Å². The molecule has 2 aliphatic rings. The molecule has 3 rings (SSSR count). The molecule has 24 heavy (non-hydrogen) atoms. The minimum Gasteiger partial charge on any atom is -0.388 e. The Labute approximate surface area is 143 Å². The van der Waals surface area contributed by atoms with E-state index in [9.17, 15) is 17.9 Å². The second-order valence-electron chi connectivity index (χ2n) is 7.20. The van der Waals surface area contributed by atoms with Gasteiger partial charge in [-0.05, 0) is 49.3 Å². The molecule has 3 atom stereocenters. The highest BCUT2D eigenvalue weighted by molar-refractivity contribution is 7.90. The van der Waals surface area contributed by atoms with Crippen LogP contribution in [0.4, 0.5) is 10.1 Å². The third-order valence-corrected chi connectivity index (χ3v) is 6.78. The molecule has 1 N–H and O–H groups in total. The second-order valence-corrected chi connectivity index (χ2v) is 9.06. The topological polar surface area (TPSA) is 60.9 Å². The molecule has 134 valence electrons. The SMILES string of the molecule is C[C@@H]1C[C@@H](C)CN(S(=O)(=O)N2CCC[C@@H](O)c3cc(F)ccc32)C1. The van der Waals surface area contributed by atoms with E-state index in [1.807, 2.05) is 0 Å². The monoisotopic (exact) mass is 356 g/mol. The molecule has 5 nitrogen and oxygen atoms in total. The van der Waals surface area contributed by atoms with Crippen molar-refractivity contribution in [3.8, 4) is 0 Å². The highest BCUT2D eigenvalue weighted by Gasteiger charge is 2.37. The van der Waals surface area contributed by atoms with E-state index in [2.05, 4.69) is 13.8 Å². The van der Waals surface area contributed by atoms with Gasteiger partial charge in [-0.2, -0.15) is 12.7 Å². The Morgan fingerprint density at radius 2 is 1.88 bits per heavy atom. The number of hydrogen-bond donors (Lipinski definition) is 1. The first-order valence-corrected chi connectivity index (χ1v) is 9.94. The van der Waals surface area contributed by atoms with E-state index < -0.39 is 22.1 Å². The van der Waals surface area contributed by atoms with Crippen LogP contribution in [0, 0.1) is 17.7 Å². The fraction of sp³-hybridized carbons (Fsp3) is 0.647. The number of piperidine rings is 1. The lowest BCUT2D eigenvalue weighted by Gasteiger charge is -2.38. The normalized spacial score (nSPS) is 29.2. The van der Waals surface area contributed by atoms with Gasteiger partial charge in [0.05, 0.1) is 11.8 Å². The highest BCUT2D eigenvalue weighted by atomic mass is 32.2. The van der Waals surface area contributed by atoms with Gasteiger partial charge in [-0.15, -0.1) is 0 Å². The second kappa shape index (κ2) is 6.61. The maximum Gasteiger partial charge on any atom is 0.304 e. The zero-order valence-corrected chi connectivity index (χ0v) is 15.0. The van der Waals surface area contributed by atoms with Gasteiger partial charge in [-0.1, -0.05) is 13.8 Å². The van der Waals surface area contributed by atoms with Crippen molar-refractivity contribution in [3.05, 3.63) is 29.6 Å². The summed E-state index contributed by atoms with van der Waals surface area (Å²) in [5, 5.41) is 10.2. The Hall–Kier alpha value is -1.18. The predicted octanol–water partition coefficient (Wildman–Crippen LogP) is 2.68. The summed E-state index contributed by atoms with van der Waals surface area (Å²) in [6.45, 7) is 5.43. The van der Waals surface area contributed by atoms with Crippen molar-refractivity contribution in [1.29, 1.82) is 0 Å². The molecule has 0 spiro atoms. The van der Waals surface area contributed by atoms with Gasteiger partial charge in [-0.3, -0.25) is 4.31 Å². The summed E-state index contributed by atoms with van der Waals surface area (Å²) < 4.78 is 42.9. The lowest BCUT2D eigenvalue weighted by atomic mass is 9.94. The summed E-state index contributed by atoms with van der Waals surface area (Å²) in [6.07, 6.45) is 1.15. The smallest absolute Gasteiger partial charge is 0.304 e. The molecule has 0 aliphatic carbocycles. The Balaban J connectivity index is 2.00. The lowest BCUT2D eigenvalue weighted by molar-refractivity contribution is 0.168. The molecule has 2 heterocycles. The number of hydrogen-bond acceptors (Lipinski definition) is 3. The standard InChI is InChI=1S/C17H25FN2O3S/c1-12-8-13(2)11-19(10-12)24(22,23)20-7-3-4-17(21)15-9-14(18)5-6-16(15)20/h5-6,9,12-13,17,21H,3-4,7-8,10-11H2,1-2H3/t12-,13-,17-/m1/s1. The number of aliphatic hydroxyl groups excluding tert-OH is 1. The zero-order chi connectivity index (χ0) is 17.5. The van der Waals surface area contributed by atoms with E-state index >= 15 is 0 Å². The van der Waals surface area contributed by atoms with E-state index in [0.717, 1.165) is 6.42 Å². The summed E-state index contributed by atoms with van der Waals surface area (Å²) >= 11 is 0. The Bertz CT molecular complexity index is 700. The molecule has 1 saturated heterocycles. The van der Waals surface area contributed by atoms with Crippen LogP contribution in [0.2, 0.25) is 0 Å². The van der Waals surface area contributed by atoms with E-state index in [4.69, 9.17) is 0 Å². The average Bonchev–Trinajstić information content (AvgIpc) is 2.66. The number of nitrogens with zero attached hydrogens (tertiary/aromatic N) is 2. The number of halogens is 1. The largest absolute Gasteiger partial charge is 0.388 e. The van der Waals surface area contributed by atoms with E-state index in [1.165, 1.54) is 26.8 Å². The summed E-state index contributed by atoms with van der Waals surface area (Å²) in [4.78, 5) is 0. The molecule has 2 aliphatic heterocycles. The molecule has 0 amide bonds. The number of anilines is 1. The van der Waals surface area contributed by atoms with E-state index in [1.54, 1.807) is 0 Å². The zero-order valence-electron chi connectivity index (χ0n) is 14.2. The molecule has 1 aromatic rings. The molecule has 0 aromatic heterocycles. The molecule has 0 bridgehead atoms. The minimum atomic E-state index is -3.69. The van der Waals surface area contributed by atoms with Crippen molar-refractivity contribution in [3.63, 3.8) is 0 Å². The van der Waals surface area contributed by atoms with Gasteiger partial charge in [-0.25, -0.2) is 4.39 Å². The van der Waals surface area contributed by atoms with Crippen molar-refractivity contribution in [1.82, 2.24) is 4.31 Å². The fourth-order valence-electron chi connectivity index (χ4n) is 3.90. The van der Waals surface area contributed by atoms with Crippen LogP contribution in [0.3, 0.4) is 0 Å². The number of fused-ring (bicyclic) bond motifs is 1. The van der Waals surface area contributed by atoms with E-state index in [0.29, 0.717) is 55.6 Å². The molecule has 0 radical (unpaired) electrons. The first-order chi connectivity index (χ1) is 11.3. The molecule has 1 aromatic carbocycles. The third-order valence-electron chi connectivity index (χ3n) is 4.90. The number of aliphatic hydroxyl groups is 1. The fourth-order valence-corrected chi connectivity index (χ4v) is 5.84. The van der Waals surface area contributed by atoms with Gasteiger partial charge < -0.3 is 5.11 Å². The lowest BCUT2D eigenvalue weighted by Crippen LogP contribution is -2.50. The van der Waals surface area contributed by atoms with Crippen LogP contribution in [0.15, 0.2) is 18.2 Å². The third kappa shape index (κ3) is 3.30. The van der Waals surface area contributed by atoms with Crippen LogP contribution in [0.1, 0.15) is 44.8 Å². The molecule has 0 unspecified atom stereocenters. The van der Waals surface area contributed by atoms with Crippen LogP contribution in [0.25, 0.3) is 0 Å². The van der Waals surface area contributed by atoms with Gasteiger partial charge >= 0.3 is 10.2 Å². The van der Waals surface area contributed by atoms with Gasteiger partial charge in [0.1, 0.15) is 5.82 Å². The highest BCUT2D eigenvalue weighted by Crippen LogP contribution is 2.36. The Morgan fingerprint density at radius 3 is 2.54 bits per heavy atom. The summed E-state index contributed by atoms with van der Waals surface area (Å²) in [5.41, 5.74) is 0.751. The van der Waals surface area contributed by atoms with Crippen LogP contribution in [-0.2, 0) is 10.2 Å². The van der Waals surface area contributed by atoms with Crippen molar-refractivity contribution in [2.75, 3.05) is 23.9 Å². The van der Waals surface area contributed by atoms with Gasteiger partial charge in [0.15, 0.2) is 0 Å². The van der Waals surface area contributed by atoms with Crippen LogP contribution < -0.4 is 4.31 Å². The van der Waals surface area contributed by atoms with Gasteiger partial charge in [0, 0.05) is 25.2 Å². The van der Waals surface area contributed by atoms with Crippen molar-refractivity contribution < 1.29 is 17.9 Å². The Kier molecular flexibility index (Phi) is 4.86. The Morgan fingerprint density at radius 1 is 1.21 bits per heavy atom. The average molecular weight is 356 g/mol. The van der Waals surface area contributed by atoms with Crippen LogP contribution in [-0.4, -0.2) is 37.5 Å². The van der Waals surface area contributed by atoms with E-state index in [-0.39, 0.29) is 0 Å². The summed E-state index contributed by atoms with van der Waals surface area (Å²) in [5.74, 6) is 0.162. The maximum atomic E-state index is 13.6. The van der Waals surface area contributed by atoms with Crippen molar-refractivity contribution in [2.45, 2.75) is 39.2 Å². The number of rotatable bonds is 2. The molecular formula is C17H25FN2O3S. The predicted molar refractivity (Wildman–Crippen MR) is 91.4 cm³/mol. The summed E-state index contributed by atoms with van der Waals surface area (Å²) in [6, 6.07) is 3.96. The maximum absolute atomic E-state index is 13.6. The first kappa shape index (κ1) is 17.6. The van der Waals surface area contributed by atoms with Crippen LogP contribution >= 0.6 is 0 Å². The molecule has 1 fully saturated rings. The molecule has 0 saturated carbocycles. The number of benzene rings is 1. The molecule has 7 heteroatoms. The van der Waals surface area contributed by atoms with Gasteiger partial charge in [0.25, 0.3) is 0 Å². The summed E-state index contributed by atoms with van der Waals surface area (Å²) in [7, 11) is -3.69.